The normalized spacial score (nSPS) is 12.6. The number of rotatable bonds is 7. The fraction of sp³-hybridized carbons (Fsp3) is 0.500. The maximum absolute atomic E-state index is 11.7. The number of carbonyl (C=O) groups is 2. The summed E-state index contributed by atoms with van der Waals surface area (Å²) in [6.07, 6.45) is 2.42. The Morgan fingerprint density at radius 3 is 2.62 bits per heavy atom. The predicted octanol–water partition coefficient (Wildman–Crippen LogP) is 0.656. The van der Waals surface area contributed by atoms with Crippen LogP contribution in [0.4, 0.5) is 0 Å². The molecule has 116 valence electrons. The molecular weight excluding hydrogens is 274 g/mol. The fourth-order valence-corrected chi connectivity index (χ4v) is 1.90. The van der Waals surface area contributed by atoms with Crippen molar-refractivity contribution in [3.8, 4) is 0 Å². The molecule has 1 amide bonds. The molecule has 1 atom stereocenters. The molecule has 0 spiro atoms. The molecule has 2 N–H and O–H groups in total. The molecule has 0 saturated carbocycles. The van der Waals surface area contributed by atoms with E-state index >= 15 is 0 Å². The van der Waals surface area contributed by atoms with E-state index in [4.69, 9.17) is 9.84 Å². The molecule has 7 nitrogen and oxygen atoms in total. The number of aryl methyl sites for hydroxylation is 2. The summed E-state index contributed by atoms with van der Waals surface area (Å²) in [5, 5.41) is 15.6. The van der Waals surface area contributed by atoms with Crippen molar-refractivity contribution < 1.29 is 19.4 Å². The van der Waals surface area contributed by atoms with Gasteiger partial charge in [-0.25, -0.2) is 0 Å². The van der Waals surface area contributed by atoms with Crippen molar-refractivity contribution in [1.82, 2.24) is 15.1 Å². The average Bonchev–Trinajstić information content (AvgIpc) is 2.65. The van der Waals surface area contributed by atoms with Gasteiger partial charge < -0.3 is 15.2 Å². The lowest BCUT2D eigenvalue weighted by Gasteiger charge is -2.12. The number of nitrogens with zero attached hydrogens (tertiary/aromatic N) is 2. The second-order valence-electron chi connectivity index (χ2n) is 4.74. The molecule has 0 saturated heterocycles. The number of hydrogen-bond donors (Lipinski definition) is 2. The molecule has 1 aromatic rings. The van der Waals surface area contributed by atoms with Crippen LogP contribution in [0.1, 0.15) is 23.4 Å². The van der Waals surface area contributed by atoms with Gasteiger partial charge in [-0.1, -0.05) is 0 Å². The Kier molecular flexibility index (Phi) is 6.10. The van der Waals surface area contributed by atoms with Crippen molar-refractivity contribution >= 4 is 18.0 Å². The lowest BCUT2D eigenvalue weighted by Crippen LogP contribution is -2.33. The highest BCUT2D eigenvalue weighted by atomic mass is 16.5. The Bertz CT molecular complexity index is 549. The van der Waals surface area contributed by atoms with Gasteiger partial charge in [0.05, 0.1) is 18.2 Å². The van der Waals surface area contributed by atoms with Gasteiger partial charge in [-0.15, -0.1) is 0 Å². The molecule has 0 fully saturated rings. The van der Waals surface area contributed by atoms with E-state index in [-0.39, 0.29) is 18.9 Å². The minimum absolute atomic E-state index is 0.150. The molecule has 0 radical (unpaired) electrons. The second-order valence-corrected chi connectivity index (χ2v) is 4.74. The highest BCUT2D eigenvalue weighted by molar-refractivity contribution is 5.92. The van der Waals surface area contributed by atoms with Gasteiger partial charge in [0.1, 0.15) is 0 Å². The minimum atomic E-state index is -0.965. The van der Waals surface area contributed by atoms with Crippen molar-refractivity contribution in [1.29, 1.82) is 0 Å². The van der Waals surface area contributed by atoms with Crippen molar-refractivity contribution in [2.45, 2.75) is 26.4 Å². The summed E-state index contributed by atoms with van der Waals surface area (Å²) in [5.41, 5.74) is 2.72. The smallest absolute Gasteiger partial charge is 0.306 e. The fourth-order valence-electron chi connectivity index (χ4n) is 1.90. The van der Waals surface area contributed by atoms with Crippen molar-refractivity contribution in [2.24, 2.45) is 7.05 Å². The van der Waals surface area contributed by atoms with Crippen LogP contribution >= 0.6 is 0 Å². The summed E-state index contributed by atoms with van der Waals surface area (Å²) in [4.78, 5) is 22.3. The summed E-state index contributed by atoms with van der Waals surface area (Å²) in [6, 6.07) is 0. The summed E-state index contributed by atoms with van der Waals surface area (Å²) in [5.74, 6) is -1.27. The van der Waals surface area contributed by atoms with Gasteiger partial charge in [-0.2, -0.15) is 5.10 Å². The maximum Gasteiger partial charge on any atom is 0.306 e. The molecule has 1 heterocycles. The van der Waals surface area contributed by atoms with Crippen molar-refractivity contribution in [3.63, 3.8) is 0 Å². The van der Waals surface area contributed by atoms with Crippen molar-refractivity contribution in [2.75, 3.05) is 13.7 Å². The number of nitrogens with one attached hydrogen (secondary N) is 1. The van der Waals surface area contributed by atoms with E-state index in [1.54, 1.807) is 10.8 Å². The number of methoxy groups -OCH3 is 1. The standard InChI is InChI=1S/C14H21N3O4/c1-9-12(10(2)17(3)16-9)5-6-13(18)15-8-11(21-4)7-14(19)20/h5-6,11H,7-8H2,1-4H3,(H,15,18)(H,19,20)/b6-5+. The zero-order valence-corrected chi connectivity index (χ0v) is 12.7. The number of aliphatic carboxylic acids is 1. The molecule has 0 bridgehead atoms. The molecule has 0 aliphatic heterocycles. The van der Waals surface area contributed by atoms with E-state index in [9.17, 15) is 9.59 Å². The first-order valence-electron chi connectivity index (χ1n) is 6.55. The van der Waals surface area contributed by atoms with E-state index in [2.05, 4.69) is 10.4 Å². The van der Waals surface area contributed by atoms with Gasteiger partial charge in [0.25, 0.3) is 0 Å². The van der Waals surface area contributed by atoms with E-state index < -0.39 is 12.1 Å². The maximum atomic E-state index is 11.7. The van der Waals surface area contributed by atoms with Gasteiger partial charge >= 0.3 is 5.97 Å². The summed E-state index contributed by atoms with van der Waals surface area (Å²) < 4.78 is 6.73. The van der Waals surface area contributed by atoms with Crippen LogP contribution in [-0.4, -0.2) is 46.5 Å². The Morgan fingerprint density at radius 2 is 2.14 bits per heavy atom. The molecule has 0 aliphatic carbocycles. The summed E-state index contributed by atoms with van der Waals surface area (Å²) in [7, 11) is 3.26. The lowest BCUT2D eigenvalue weighted by atomic mass is 10.2. The molecule has 1 unspecified atom stereocenters. The Balaban J connectivity index is 2.57. The molecule has 21 heavy (non-hydrogen) atoms. The second kappa shape index (κ2) is 7.58. The predicted molar refractivity (Wildman–Crippen MR) is 77.8 cm³/mol. The van der Waals surface area contributed by atoms with Gasteiger partial charge in [-0.05, 0) is 19.9 Å². The third-order valence-corrected chi connectivity index (χ3v) is 3.21. The number of carboxylic acids is 1. The quantitative estimate of drug-likeness (QED) is 0.721. The van der Waals surface area contributed by atoms with Crippen LogP contribution in [0.2, 0.25) is 0 Å². The molecule has 0 aromatic carbocycles. The van der Waals surface area contributed by atoms with E-state index in [1.165, 1.54) is 13.2 Å². The Morgan fingerprint density at radius 1 is 1.48 bits per heavy atom. The number of carbonyl (C=O) groups excluding carboxylic acids is 1. The Labute approximate surface area is 123 Å². The van der Waals surface area contributed by atoms with Crippen LogP contribution in [0.3, 0.4) is 0 Å². The monoisotopic (exact) mass is 295 g/mol. The average molecular weight is 295 g/mol. The van der Waals surface area contributed by atoms with Crippen LogP contribution in [-0.2, 0) is 21.4 Å². The van der Waals surface area contributed by atoms with E-state index in [0.29, 0.717) is 0 Å². The number of carboxylic acid groups (broad SMARTS) is 1. The number of amides is 1. The zero-order valence-electron chi connectivity index (χ0n) is 12.7. The highest BCUT2D eigenvalue weighted by Crippen LogP contribution is 2.13. The lowest BCUT2D eigenvalue weighted by molar-refractivity contribution is -0.140. The van der Waals surface area contributed by atoms with E-state index in [0.717, 1.165) is 17.0 Å². The summed E-state index contributed by atoms with van der Waals surface area (Å²) in [6.45, 7) is 3.95. The van der Waals surface area contributed by atoms with Crippen LogP contribution in [0, 0.1) is 13.8 Å². The first kappa shape index (κ1) is 16.9. The number of hydrogen-bond acceptors (Lipinski definition) is 4. The van der Waals surface area contributed by atoms with Gasteiger partial charge in [0, 0.05) is 38.0 Å². The largest absolute Gasteiger partial charge is 0.481 e. The highest BCUT2D eigenvalue weighted by Gasteiger charge is 2.13. The molecule has 1 aromatic heterocycles. The first-order chi connectivity index (χ1) is 9.85. The minimum Gasteiger partial charge on any atom is -0.481 e. The zero-order chi connectivity index (χ0) is 16.0. The third-order valence-electron chi connectivity index (χ3n) is 3.21. The van der Waals surface area contributed by atoms with Crippen LogP contribution in [0.5, 0.6) is 0 Å². The van der Waals surface area contributed by atoms with Crippen molar-refractivity contribution in [3.05, 3.63) is 23.0 Å². The molecular formula is C14H21N3O4. The molecule has 1 rings (SSSR count). The number of ether oxygens (including phenoxy) is 1. The summed E-state index contributed by atoms with van der Waals surface area (Å²) >= 11 is 0. The Hall–Kier alpha value is -2.15. The van der Waals surface area contributed by atoms with Gasteiger partial charge in [0.15, 0.2) is 0 Å². The molecule has 0 aliphatic rings. The van der Waals surface area contributed by atoms with Crippen LogP contribution in [0.25, 0.3) is 6.08 Å². The van der Waals surface area contributed by atoms with Gasteiger partial charge in [-0.3, -0.25) is 14.3 Å². The van der Waals surface area contributed by atoms with Crippen LogP contribution < -0.4 is 5.32 Å². The topological polar surface area (TPSA) is 93.5 Å². The SMILES string of the molecule is COC(CNC(=O)/C=C/c1c(C)nn(C)c1C)CC(=O)O. The number of aromatic nitrogens is 2. The van der Waals surface area contributed by atoms with Gasteiger partial charge in [0.2, 0.25) is 5.91 Å². The molecule has 7 heteroatoms. The van der Waals surface area contributed by atoms with E-state index in [1.807, 2.05) is 20.9 Å². The third kappa shape index (κ3) is 5.03. The van der Waals surface area contributed by atoms with Crippen LogP contribution in [0.15, 0.2) is 6.08 Å². The first-order valence-corrected chi connectivity index (χ1v) is 6.55.